The number of rotatable bonds is 9. The van der Waals surface area contributed by atoms with E-state index in [0.29, 0.717) is 0 Å². The van der Waals surface area contributed by atoms with Crippen molar-refractivity contribution in [1.29, 1.82) is 0 Å². The Balaban J connectivity index is 2.86. The molecule has 0 unspecified atom stereocenters. The first-order chi connectivity index (χ1) is 9.05. The number of nitrogens with zero attached hydrogens (tertiary/aromatic N) is 1. The number of nitrogens with one attached hydrogen (secondary N) is 1. The molecule has 0 saturated heterocycles. The minimum Gasteiger partial charge on any atom is -0.369 e. The van der Waals surface area contributed by atoms with Gasteiger partial charge in [-0.05, 0) is 40.2 Å². The van der Waals surface area contributed by atoms with Crippen molar-refractivity contribution in [1.82, 2.24) is 10.3 Å². The highest BCUT2D eigenvalue weighted by Gasteiger charge is 2.26. The highest BCUT2D eigenvalue weighted by atomic mass is 32.1. The molecule has 19 heavy (non-hydrogen) atoms. The third-order valence-corrected chi connectivity index (χ3v) is 4.40. The molecule has 0 aromatic carbocycles. The van der Waals surface area contributed by atoms with Gasteiger partial charge in [0, 0.05) is 18.0 Å². The minimum absolute atomic E-state index is 0.273. The topological polar surface area (TPSA) is 34.1 Å². The molecule has 3 nitrogen and oxygen atoms in total. The largest absolute Gasteiger partial charge is 0.369 e. The highest BCUT2D eigenvalue weighted by molar-refractivity contribution is 7.11. The average Bonchev–Trinajstić information content (AvgIpc) is 2.74. The molecule has 4 heteroatoms. The lowest BCUT2D eigenvalue weighted by Gasteiger charge is -2.21. The minimum atomic E-state index is -0.273. The van der Waals surface area contributed by atoms with E-state index in [9.17, 15) is 0 Å². The van der Waals surface area contributed by atoms with Crippen LogP contribution in [0.4, 0.5) is 0 Å². The number of hydrogen-bond donors (Lipinski definition) is 1. The third-order valence-electron chi connectivity index (χ3n) is 3.00. The van der Waals surface area contributed by atoms with E-state index in [2.05, 4.69) is 33.0 Å². The molecule has 0 bridgehead atoms. The van der Waals surface area contributed by atoms with Gasteiger partial charge in [-0.1, -0.05) is 20.3 Å². The van der Waals surface area contributed by atoms with E-state index >= 15 is 0 Å². The van der Waals surface area contributed by atoms with E-state index in [4.69, 9.17) is 9.72 Å². The number of ether oxygens (including phenoxy) is 1. The van der Waals surface area contributed by atoms with Crippen LogP contribution in [0.2, 0.25) is 0 Å². The molecule has 110 valence electrons. The Kier molecular flexibility index (Phi) is 6.97. The first kappa shape index (κ1) is 16.6. The molecule has 0 fully saturated rings. The van der Waals surface area contributed by atoms with Crippen LogP contribution in [-0.2, 0) is 23.3 Å². The molecule has 0 aliphatic heterocycles. The Labute approximate surface area is 121 Å². The van der Waals surface area contributed by atoms with E-state index in [-0.39, 0.29) is 5.60 Å². The molecule has 1 aromatic rings. The van der Waals surface area contributed by atoms with Gasteiger partial charge in [0.25, 0.3) is 0 Å². The van der Waals surface area contributed by atoms with Gasteiger partial charge in [-0.3, -0.25) is 0 Å². The summed E-state index contributed by atoms with van der Waals surface area (Å²) in [5.41, 5.74) is 0.976. The van der Waals surface area contributed by atoms with Gasteiger partial charge in [0.15, 0.2) is 0 Å². The second-order valence-electron chi connectivity index (χ2n) is 5.26. The van der Waals surface area contributed by atoms with Gasteiger partial charge in [-0.2, -0.15) is 0 Å². The molecule has 0 saturated carbocycles. The van der Waals surface area contributed by atoms with Gasteiger partial charge in [-0.25, -0.2) is 4.98 Å². The van der Waals surface area contributed by atoms with Crippen molar-refractivity contribution in [3.8, 4) is 0 Å². The van der Waals surface area contributed by atoms with Crippen molar-refractivity contribution >= 4 is 11.3 Å². The molecule has 1 rings (SSSR count). The summed E-state index contributed by atoms with van der Waals surface area (Å²) >= 11 is 1.80. The zero-order chi connectivity index (χ0) is 14.3. The fourth-order valence-electron chi connectivity index (χ4n) is 2.01. The molecule has 0 atom stereocenters. The zero-order valence-electron chi connectivity index (χ0n) is 13.0. The van der Waals surface area contributed by atoms with E-state index in [0.717, 1.165) is 37.5 Å². The maximum absolute atomic E-state index is 5.82. The van der Waals surface area contributed by atoms with Gasteiger partial charge in [0.1, 0.15) is 10.6 Å². The van der Waals surface area contributed by atoms with Crippen molar-refractivity contribution in [3.05, 3.63) is 15.6 Å². The summed E-state index contributed by atoms with van der Waals surface area (Å²) < 4.78 is 5.82. The van der Waals surface area contributed by atoms with Gasteiger partial charge >= 0.3 is 0 Å². The first-order valence-electron chi connectivity index (χ1n) is 7.38. The fourth-order valence-corrected chi connectivity index (χ4v) is 3.15. The van der Waals surface area contributed by atoms with Crippen LogP contribution in [0.25, 0.3) is 0 Å². The van der Waals surface area contributed by atoms with Crippen LogP contribution in [0.5, 0.6) is 0 Å². The molecular formula is C15H28N2OS. The van der Waals surface area contributed by atoms with Crippen LogP contribution in [0.15, 0.2) is 0 Å². The summed E-state index contributed by atoms with van der Waals surface area (Å²) in [7, 11) is 0. The second kappa shape index (κ2) is 7.98. The van der Waals surface area contributed by atoms with Crippen LogP contribution >= 0.6 is 11.3 Å². The van der Waals surface area contributed by atoms with Crippen molar-refractivity contribution in [2.75, 3.05) is 13.2 Å². The van der Waals surface area contributed by atoms with Crippen molar-refractivity contribution in [2.24, 2.45) is 0 Å². The predicted octanol–water partition coefficient (Wildman–Crippen LogP) is 3.87. The average molecular weight is 284 g/mol. The summed E-state index contributed by atoms with van der Waals surface area (Å²) in [5, 5.41) is 4.58. The number of thiazole rings is 1. The normalized spacial score (nSPS) is 12.1. The van der Waals surface area contributed by atoms with Gasteiger partial charge < -0.3 is 10.1 Å². The quantitative estimate of drug-likeness (QED) is 0.699. The van der Waals surface area contributed by atoms with Gasteiger partial charge in [0.05, 0.1) is 5.69 Å². The van der Waals surface area contributed by atoms with E-state index in [1.165, 1.54) is 17.0 Å². The standard InChI is InChI=1S/C15H28N2OS/c1-6-9-12-13(11-16-10-7-2)19-14(17-12)15(4,5)18-8-3/h16H,6-11H2,1-5H3. The maximum atomic E-state index is 5.82. The van der Waals surface area contributed by atoms with E-state index < -0.39 is 0 Å². The summed E-state index contributed by atoms with van der Waals surface area (Å²) in [5.74, 6) is 0. The van der Waals surface area contributed by atoms with Crippen molar-refractivity contribution in [3.63, 3.8) is 0 Å². The molecule has 1 heterocycles. The smallest absolute Gasteiger partial charge is 0.125 e. The van der Waals surface area contributed by atoms with Crippen molar-refractivity contribution < 1.29 is 4.74 Å². The number of aryl methyl sites for hydroxylation is 1. The monoisotopic (exact) mass is 284 g/mol. The molecule has 0 radical (unpaired) electrons. The SMILES string of the molecule is CCCNCc1sc(C(C)(C)OCC)nc1CCC. The van der Waals surface area contributed by atoms with Crippen LogP contribution in [0, 0.1) is 0 Å². The Morgan fingerprint density at radius 1 is 1.21 bits per heavy atom. The summed E-state index contributed by atoms with van der Waals surface area (Å²) in [4.78, 5) is 6.20. The molecule has 0 spiro atoms. The summed E-state index contributed by atoms with van der Waals surface area (Å²) in [6.45, 7) is 13.4. The van der Waals surface area contributed by atoms with Gasteiger partial charge in [-0.15, -0.1) is 11.3 Å². The molecule has 0 aliphatic rings. The van der Waals surface area contributed by atoms with Gasteiger partial charge in [0.2, 0.25) is 0 Å². The Morgan fingerprint density at radius 2 is 1.95 bits per heavy atom. The third kappa shape index (κ3) is 4.86. The Hall–Kier alpha value is -0.450. The van der Waals surface area contributed by atoms with Crippen molar-refractivity contribution in [2.45, 2.75) is 66.0 Å². The number of hydrogen-bond acceptors (Lipinski definition) is 4. The lowest BCUT2D eigenvalue weighted by molar-refractivity contribution is -0.0142. The van der Waals surface area contributed by atoms with Crippen LogP contribution in [0.1, 0.15) is 63.0 Å². The molecule has 1 aromatic heterocycles. The molecular weight excluding hydrogens is 256 g/mol. The maximum Gasteiger partial charge on any atom is 0.125 e. The predicted molar refractivity (Wildman–Crippen MR) is 82.8 cm³/mol. The lowest BCUT2D eigenvalue weighted by atomic mass is 10.1. The fraction of sp³-hybridized carbons (Fsp3) is 0.800. The first-order valence-corrected chi connectivity index (χ1v) is 8.20. The Bertz CT molecular complexity index is 374. The summed E-state index contributed by atoms with van der Waals surface area (Å²) in [6, 6.07) is 0. The van der Waals surface area contributed by atoms with Crippen LogP contribution < -0.4 is 5.32 Å². The van der Waals surface area contributed by atoms with E-state index in [1.54, 1.807) is 11.3 Å². The number of aromatic nitrogens is 1. The second-order valence-corrected chi connectivity index (χ2v) is 6.34. The zero-order valence-corrected chi connectivity index (χ0v) is 13.8. The van der Waals surface area contributed by atoms with E-state index in [1.807, 2.05) is 6.92 Å². The summed E-state index contributed by atoms with van der Waals surface area (Å²) in [6.07, 6.45) is 3.36. The molecule has 1 N–H and O–H groups in total. The van der Waals surface area contributed by atoms with Crippen LogP contribution in [0.3, 0.4) is 0 Å². The highest BCUT2D eigenvalue weighted by Crippen LogP contribution is 2.31. The lowest BCUT2D eigenvalue weighted by Crippen LogP contribution is -2.21. The Morgan fingerprint density at radius 3 is 2.53 bits per heavy atom. The molecule has 0 amide bonds. The van der Waals surface area contributed by atoms with Crippen LogP contribution in [-0.4, -0.2) is 18.1 Å². The molecule has 0 aliphatic carbocycles.